The van der Waals surface area contributed by atoms with Crippen molar-refractivity contribution in [2.45, 2.75) is 39.2 Å². The summed E-state index contributed by atoms with van der Waals surface area (Å²) in [6.45, 7) is 5.83. The molecule has 2 heterocycles. The van der Waals surface area contributed by atoms with Crippen LogP contribution in [0.1, 0.15) is 36.3 Å². The molecule has 1 unspecified atom stereocenters. The van der Waals surface area contributed by atoms with Crippen molar-refractivity contribution in [2.24, 2.45) is 0 Å². The van der Waals surface area contributed by atoms with Crippen molar-refractivity contribution in [1.82, 2.24) is 9.55 Å². The Labute approximate surface area is 128 Å². The maximum atomic E-state index is 5.51. The molecular weight excluding hydrogens is 316 g/mol. The third-order valence-electron chi connectivity index (χ3n) is 4.01. The molecule has 20 heavy (non-hydrogen) atoms. The van der Waals surface area contributed by atoms with Crippen molar-refractivity contribution in [2.75, 3.05) is 6.61 Å². The predicted octanol–water partition coefficient (Wildman–Crippen LogP) is 4.08. The molecule has 0 N–H and O–H groups in total. The van der Waals surface area contributed by atoms with Crippen LogP contribution in [0.4, 0.5) is 0 Å². The van der Waals surface area contributed by atoms with Crippen molar-refractivity contribution in [1.29, 1.82) is 0 Å². The molecule has 3 nitrogen and oxygen atoms in total. The van der Waals surface area contributed by atoms with Gasteiger partial charge >= 0.3 is 0 Å². The zero-order chi connectivity index (χ0) is 14.1. The van der Waals surface area contributed by atoms with Gasteiger partial charge in [0.2, 0.25) is 0 Å². The van der Waals surface area contributed by atoms with E-state index in [-0.39, 0.29) is 0 Å². The van der Waals surface area contributed by atoms with Gasteiger partial charge in [0.05, 0.1) is 12.3 Å². The molecule has 106 valence electrons. The van der Waals surface area contributed by atoms with Gasteiger partial charge in [0.1, 0.15) is 16.2 Å². The van der Waals surface area contributed by atoms with E-state index in [2.05, 4.69) is 56.7 Å². The minimum atomic E-state index is 0.568. The second-order valence-corrected chi connectivity index (χ2v) is 6.00. The van der Waals surface area contributed by atoms with Crippen LogP contribution in [0.25, 0.3) is 0 Å². The highest BCUT2D eigenvalue weighted by molar-refractivity contribution is 9.10. The first kappa shape index (κ1) is 13.7. The summed E-state index contributed by atoms with van der Waals surface area (Å²) in [5.41, 5.74) is 2.73. The average molecular weight is 335 g/mol. The second kappa shape index (κ2) is 5.60. The van der Waals surface area contributed by atoms with Crippen LogP contribution < -0.4 is 4.74 Å². The summed E-state index contributed by atoms with van der Waals surface area (Å²) in [7, 11) is 0. The highest BCUT2D eigenvalue weighted by Gasteiger charge is 2.24. The molecule has 0 radical (unpaired) electrons. The molecule has 0 fully saturated rings. The maximum absolute atomic E-state index is 5.51. The largest absolute Gasteiger partial charge is 0.494 e. The molecular formula is C16H19BrN2O. The van der Waals surface area contributed by atoms with Gasteiger partial charge in [-0.25, -0.2) is 4.98 Å². The van der Waals surface area contributed by atoms with Crippen molar-refractivity contribution in [3.63, 3.8) is 0 Å². The summed E-state index contributed by atoms with van der Waals surface area (Å²) in [5, 5.41) is 0. The lowest BCUT2D eigenvalue weighted by Gasteiger charge is -2.25. The van der Waals surface area contributed by atoms with Crippen LogP contribution in [0.2, 0.25) is 0 Å². The normalized spacial score (nSPS) is 17.9. The van der Waals surface area contributed by atoms with Crippen LogP contribution in [-0.2, 0) is 13.0 Å². The van der Waals surface area contributed by atoms with Crippen LogP contribution in [0.15, 0.2) is 28.9 Å². The van der Waals surface area contributed by atoms with Crippen LogP contribution in [0.3, 0.4) is 0 Å². The Morgan fingerprint density at radius 2 is 2.10 bits per heavy atom. The summed E-state index contributed by atoms with van der Waals surface area (Å²) in [4.78, 5) is 4.52. The molecule has 1 aliphatic rings. The van der Waals surface area contributed by atoms with Crippen molar-refractivity contribution >= 4 is 15.9 Å². The first-order chi connectivity index (χ1) is 9.69. The van der Waals surface area contributed by atoms with Gasteiger partial charge in [0.15, 0.2) is 0 Å². The number of hydrogen-bond acceptors (Lipinski definition) is 2. The Balaban J connectivity index is 1.81. The molecule has 1 aromatic carbocycles. The third-order valence-corrected chi connectivity index (χ3v) is 4.64. The first-order valence-electron chi connectivity index (χ1n) is 7.13. The Morgan fingerprint density at radius 3 is 2.80 bits per heavy atom. The summed E-state index contributed by atoms with van der Waals surface area (Å²) in [6, 6.07) is 8.54. The third kappa shape index (κ3) is 2.49. The number of benzene rings is 1. The van der Waals surface area contributed by atoms with E-state index < -0.39 is 0 Å². The number of rotatable bonds is 3. The fourth-order valence-electron chi connectivity index (χ4n) is 2.95. The smallest absolute Gasteiger partial charge is 0.127 e. The lowest BCUT2D eigenvalue weighted by Crippen LogP contribution is -2.19. The number of nitrogens with zero attached hydrogens (tertiary/aromatic N) is 2. The monoisotopic (exact) mass is 334 g/mol. The van der Waals surface area contributed by atoms with Crippen LogP contribution in [0.5, 0.6) is 5.75 Å². The lowest BCUT2D eigenvalue weighted by atomic mass is 9.91. The summed E-state index contributed by atoms with van der Waals surface area (Å²) in [6.07, 6.45) is 2.26. The SMILES string of the molecule is CCOc1ccc(C2CCc3c(Br)nc(C)n3C2)cc1. The van der Waals surface area contributed by atoms with Gasteiger partial charge in [-0.05, 0) is 60.3 Å². The van der Waals surface area contributed by atoms with E-state index in [1.807, 2.05) is 6.92 Å². The number of imidazole rings is 1. The minimum absolute atomic E-state index is 0.568. The molecule has 0 amide bonds. The molecule has 0 saturated carbocycles. The van der Waals surface area contributed by atoms with Gasteiger partial charge in [-0.3, -0.25) is 0 Å². The first-order valence-corrected chi connectivity index (χ1v) is 7.92. The Bertz CT molecular complexity index is 604. The van der Waals surface area contributed by atoms with E-state index in [1.54, 1.807) is 0 Å². The number of fused-ring (bicyclic) bond motifs is 1. The second-order valence-electron chi connectivity index (χ2n) is 5.24. The van der Waals surface area contributed by atoms with E-state index >= 15 is 0 Å². The quantitative estimate of drug-likeness (QED) is 0.845. The van der Waals surface area contributed by atoms with Gasteiger partial charge in [-0.1, -0.05) is 12.1 Å². The minimum Gasteiger partial charge on any atom is -0.494 e. The maximum Gasteiger partial charge on any atom is 0.127 e. The number of aryl methyl sites for hydroxylation is 1. The summed E-state index contributed by atoms with van der Waals surface area (Å²) >= 11 is 3.56. The van der Waals surface area contributed by atoms with Crippen molar-refractivity contribution in [3.05, 3.63) is 46.0 Å². The molecule has 3 rings (SSSR count). The summed E-state index contributed by atoms with van der Waals surface area (Å²) in [5.74, 6) is 2.62. The van der Waals surface area contributed by atoms with Crippen LogP contribution in [0, 0.1) is 6.92 Å². The number of hydrogen-bond donors (Lipinski definition) is 0. The molecule has 1 aromatic heterocycles. The van der Waals surface area contributed by atoms with E-state index in [4.69, 9.17) is 4.74 Å². The van der Waals surface area contributed by atoms with Gasteiger partial charge in [0.25, 0.3) is 0 Å². The number of ether oxygens (including phenoxy) is 1. The highest BCUT2D eigenvalue weighted by atomic mass is 79.9. The average Bonchev–Trinajstić information content (AvgIpc) is 2.75. The Hall–Kier alpha value is -1.29. The molecule has 0 saturated heterocycles. The molecule has 4 heteroatoms. The number of halogens is 1. The van der Waals surface area contributed by atoms with Gasteiger partial charge in [0, 0.05) is 12.5 Å². The predicted molar refractivity (Wildman–Crippen MR) is 83.3 cm³/mol. The summed E-state index contributed by atoms with van der Waals surface area (Å²) < 4.78 is 8.86. The zero-order valence-corrected chi connectivity index (χ0v) is 13.5. The lowest BCUT2D eigenvalue weighted by molar-refractivity contribution is 0.340. The van der Waals surface area contributed by atoms with Crippen molar-refractivity contribution < 1.29 is 4.74 Å². The Morgan fingerprint density at radius 1 is 1.35 bits per heavy atom. The van der Waals surface area contributed by atoms with Crippen LogP contribution in [-0.4, -0.2) is 16.2 Å². The van der Waals surface area contributed by atoms with Gasteiger partial charge in [-0.2, -0.15) is 0 Å². The highest BCUT2D eigenvalue weighted by Crippen LogP contribution is 2.33. The van der Waals surface area contributed by atoms with E-state index in [9.17, 15) is 0 Å². The molecule has 0 bridgehead atoms. The Kier molecular flexibility index (Phi) is 3.83. The zero-order valence-electron chi connectivity index (χ0n) is 11.9. The standard InChI is InChI=1S/C16H19BrN2O/c1-3-20-14-7-4-12(5-8-14)13-6-9-15-16(17)18-11(2)19(15)10-13/h4-5,7-8,13H,3,6,9-10H2,1-2H3. The molecule has 1 atom stereocenters. The molecule has 1 aliphatic heterocycles. The van der Waals surface area contributed by atoms with E-state index in [1.165, 1.54) is 17.7 Å². The molecule has 0 aliphatic carbocycles. The molecule has 2 aromatic rings. The topological polar surface area (TPSA) is 27.1 Å². The number of aromatic nitrogens is 2. The fourth-order valence-corrected chi connectivity index (χ4v) is 3.62. The van der Waals surface area contributed by atoms with E-state index in [0.29, 0.717) is 12.5 Å². The van der Waals surface area contributed by atoms with E-state index in [0.717, 1.165) is 29.1 Å². The van der Waals surface area contributed by atoms with Gasteiger partial charge < -0.3 is 9.30 Å². The fraction of sp³-hybridized carbons (Fsp3) is 0.438. The van der Waals surface area contributed by atoms with Crippen molar-refractivity contribution in [3.8, 4) is 5.75 Å². The van der Waals surface area contributed by atoms with Gasteiger partial charge in [-0.15, -0.1) is 0 Å². The van der Waals surface area contributed by atoms with Crippen LogP contribution >= 0.6 is 15.9 Å². The molecule has 0 spiro atoms.